The van der Waals surface area contributed by atoms with Crippen molar-refractivity contribution in [2.24, 2.45) is 5.41 Å². The second-order valence-electron chi connectivity index (χ2n) is 5.48. The van der Waals surface area contributed by atoms with Gasteiger partial charge in [0.25, 0.3) is 0 Å². The van der Waals surface area contributed by atoms with Gasteiger partial charge in [-0.05, 0) is 19.1 Å². The van der Waals surface area contributed by atoms with E-state index in [4.69, 9.17) is 0 Å². The van der Waals surface area contributed by atoms with Crippen LogP contribution in [0.1, 0.15) is 44.9 Å². The molecule has 110 valence electrons. The fourth-order valence-electron chi connectivity index (χ4n) is 2.65. The first-order valence-electron chi connectivity index (χ1n) is 6.98. The number of carbonyl (C=O) groups is 2. The van der Waals surface area contributed by atoms with Gasteiger partial charge in [-0.25, -0.2) is 0 Å². The van der Waals surface area contributed by atoms with Crippen LogP contribution in [0, 0.1) is 5.41 Å². The first-order chi connectivity index (χ1) is 9.02. The Kier molecular flexibility index (Phi) is 6.69. The van der Waals surface area contributed by atoms with E-state index in [1.165, 1.54) is 0 Å². The Morgan fingerprint density at radius 1 is 1.21 bits per heavy atom. The topological polar surface area (TPSA) is 57.6 Å². The molecule has 1 N–H and O–H groups in total. The molecule has 0 spiro atoms. The van der Waals surface area contributed by atoms with Crippen molar-refractivity contribution >= 4 is 23.6 Å². The maximum absolute atomic E-state index is 12.2. The van der Waals surface area contributed by atoms with Crippen LogP contribution in [0.2, 0.25) is 0 Å². The lowest BCUT2D eigenvalue weighted by Gasteiger charge is -2.29. The molecular formula is C14H25NO3S. The second-order valence-corrected chi connectivity index (χ2v) is 6.47. The number of aliphatic carboxylic acids is 1. The second kappa shape index (κ2) is 7.78. The molecule has 1 fully saturated rings. The molecule has 0 unspecified atom stereocenters. The molecule has 0 aromatic heterocycles. The minimum Gasteiger partial charge on any atom is -0.481 e. The Labute approximate surface area is 119 Å². The molecule has 1 aliphatic carbocycles. The van der Waals surface area contributed by atoms with Crippen LogP contribution < -0.4 is 0 Å². The molecule has 0 aromatic rings. The van der Waals surface area contributed by atoms with E-state index in [1.54, 1.807) is 23.7 Å². The molecule has 4 nitrogen and oxygen atoms in total. The molecule has 0 radical (unpaired) electrons. The van der Waals surface area contributed by atoms with Gasteiger partial charge in [-0.3, -0.25) is 9.59 Å². The van der Waals surface area contributed by atoms with Crippen LogP contribution in [0.4, 0.5) is 0 Å². The molecule has 0 atom stereocenters. The molecule has 1 aliphatic rings. The van der Waals surface area contributed by atoms with Crippen LogP contribution in [0.25, 0.3) is 0 Å². The molecule has 0 aliphatic heterocycles. The summed E-state index contributed by atoms with van der Waals surface area (Å²) in [5.74, 6) is 0.0712. The summed E-state index contributed by atoms with van der Waals surface area (Å²) in [6.45, 7) is 0.690. The quantitative estimate of drug-likeness (QED) is 0.763. The summed E-state index contributed by atoms with van der Waals surface area (Å²) in [6.07, 6.45) is 7.48. The normalized spacial score (nSPS) is 18.6. The van der Waals surface area contributed by atoms with Crippen LogP contribution in [-0.4, -0.2) is 47.5 Å². The van der Waals surface area contributed by atoms with Gasteiger partial charge in [-0.15, -0.1) is 0 Å². The Bertz CT molecular complexity index is 312. The number of nitrogens with zero attached hydrogens (tertiary/aromatic N) is 1. The van der Waals surface area contributed by atoms with Crippen LogP contribution in [0.3, 0.4) is 0 Å². The first kappa shape index (κ1) is 16.3. The van der Waals surface area contributed by atoms with Crippen LogP contribution in [-0.2, 0) is 9.59 Å². The predicted octanol–water partition coefficient (Wildman–Crippen LogP) is 2.62. The maximum atomic E-state index is 12.2. The number of thioether (sulfide) groups is 1. The molecule has 5 heteroatoms. The Hall–Kier alpha value is -0.710. The van der Waals surface area contributed by atoms with E-state index < -0.39 is 11.4 Å². The number of carboxylic acid groups (broad SMARTS) is 1. The average molecular weight is 287 g/mol. The molecule has 0 bridgehead atoms. The monoisotopic (exact) mass is 287 g/mol. The summed E-state index contributed by atoms with van der Waals surface area (Å²) in [7, 11) is 1.77. The van der Waals surface area contributed by atoms with E-state index in [2.05, 4.69) is 0 Å². The molecule has 0 aromatic carbocycles. The van der Waals surface area contributed by atoms with Crippen molar-refractivity contribution in [3.05, 3.63) is 0 Å². The molecule has 1 rings (SSSR count). The van der Waals surface area contributed by atoms with Crippen LogP contribution in [0.15, 0.2) is 0 Å². The van der Waals surface area contributed by atoms with E-state index >= 15 is 0 Å². The predicted molar refractivity (Wildman–Crippen MR) is 78.4 cm³/mol. The lowest BCUT2D eigenvalue weighted by atomic mass is 9.77. The summed E-state index contributed by atoms with van der Waals surface area (Å²) >= 11 is 1.69. The summed E-state index contributed by atoms with van der Waals surface area (Å²) < 4.78 is 0. The zero-order valence-corrected chi connectivity index (χ0v) is 12.8. The Balaban J connectivity index is 2.67. The number of hydrogen-bond donors (Lipinski definition) is 1. The van der Waals surface area contributed by atoms with Crippen molar-refractivity contribution in [2.75, 3.05) is 25.6 Å². The molecule has 19 heavy (non-hydrogen) atoms. The smallest absolute Gasteiger partial charge is 0.310 e. The van der Waals surface area contributed by atoms with E-state index in [-0.39, 0.29) is 12.3 Å². The third-order valence-corrected chi connectivity index (χ3v) is 4.65. The zero-order chi connectivity index (χ0) is 14.3. The average Bonchev–Trinajstić information content (AvgIpc) is 2.62. The van der Waals surface area contributed by atoms with Crippen LogP contribution in [0.5, 0.6) is 0 Å². The third kappa shape index (κ3) is 4.71. The van der Waals surface area contributed by atoms with Gasteiger partial charge in [-0.1, -0.05) is 25.7 Å². The van der Waals surface area contributed by atoms with Crippen molar-refractivity contribution in [1.29, 1.82) is 0 Å². The summed E-state index contributed by atoms with van der Waals surface area (Å²) in [5.41, 5.74) is -0.818. The van der Waals surface area contributed by atoms with Crippen molar-refractivity contribution < 1.29 is 14.7 Å². The highest BCUT2D eigenvalue weighted by Crippen LogP contribution is 2.38. The fourth-order valence-corrected chi connectivity index (χ4v) is 3.11. The number of hydrogen-bond acceptors (Lipinski definition) is 3. The van der Waals surface area contributed by atoms with E-state index in [0.717, 1.165) is 31.4 Å². The summed E-state index contributed by atoms with van der Waals surface area (Å²) in [4.78, 5) is 25.5. The highest BCUT2D eigenvalue weighted by Gasteiger charge is 2.41. The lowest BCUT2D eigenvalue weighted by Crippen LogP contribution is -2.39. The summed E-state index contributed by atoms with van der Waals surface area (Å²) in [5, 5.41) is 9.55. The van der Waals surface area contributed by atoms with Crippen molar-refractivity contribution in [3.63, 3.8) is 0 Å². The minimum absolute atomic E-state index is 0.0293. The Morgan fingerprint density at radius 2 is 1.79 bits per heavy atom. The van der Waals surface area contributed by atoms with Gasteiger partial charge in [0.2, 0.25) is 5.91 Å². The van der Waals surface area contributed by atoms with Crippen molar-refractivity contribution in [1.82, 2.24) is 4.90 Å². The highest BCUT2D eigenvalue weighted by molar-refractivity contribution is 7.98. The maximum Gasteiger partial charge on any atom is 0.310 e. The van der Waals surface area contributed by atoms with Gasteiger partial charge in [0, 0.05) is 25.8 Å². The van der Waals surface area contributed by atoms with Gasteiger partial charge in [0.05, 0.1) is 5.41 Å². The summed E-state index contributed by atoms with van der Waals surface area (Å²) in [6, 6.07) is 0. The molecule has 1 saturated carbocycles. The van der Waals surface area contributed by atoms with Gasteiger partial charge in [-0.2, -0.15) is 11.8 Å². The standard InChI is InChI=1S/C14H25NO3S/c1-15(9-10-19-2)12(16)11-14(13(17)18)7-5-3-4-6-8-14/h3-11H2,1-2H3,(H,17,18). The fraction of sp³-hybridized carbons (Fsp3) is 0.857. The van der Waals surface area contributed by atoms with E-state index in [0.29, 0.717) is 19.4 Å². The number of carbonyl (C=O) groups excluding carboxylic acids is 1. The van der Waals surface area contributed by atoms with Gasteiger partial charge in [0.15, 0.2) is 0 Å². The lowest BCUT2D eigenvalue weighted by molar-refractivity contribution is -0.154. The SMILES string of the molecule is CSCCN(C)C(=O)CC1(C(=O)O)CCCCCC1. The van der Waals surface area contributed by atoms with Crippen LogP contribution >= 0.6 is 11.8 Å². The molecular weight excluding hydrogens is 262 g/mol. The number of carboxylic acids is 1. The van der Waals surface area contributed by atoms with Crippen molar-refractivity contribution in [3.8, 4) is 0 Å². The minimum atomic E-state index is -0.818. The molecule has 0 heterocycles. The third-order valence-electron chi connectivity index (χ3n) is 4.06. The zero-order valence-electron chi connectivity index (χ0n) is 12.0. The molecule has 0 saturated heterocycles. The molecule has 1 amide bonds. The largest absolute Gasteiger partial charge is 0.481 e. The number of rotatable bonds is 6. The van der Waals surface area contributed by atoms with Crippen molar-refractivity contribution in [2.45, 2.75) is 44.9 Å². The van der Waals surface area contributed by atoms with Gasteiger partial charge >= 0.3 is 5.97 Å². The van der Waals surface area contributed by atoms with Gasteiger partial charge < -0.3 is 10.0 Å². The van der Waals surface area contributed by atoms with E-state index in [1.807, 2.05) is 6.26 Å². The Morgan fingerprint density at radius 3 is 2.26 bits per heavy atom. The van der Waals surface area contributed by atoms with Gasteiger partial charge in [0.1, 0.15) is 0 Å². The highest BCUT2D eigenvalue weighted by atomic mass is 32.2. The first-order valence-corrected chi connectivity index (χ1v) is 8.37. The number of amides is 1. The van der Waals surface area contributed by atoms with E-state index in [9.17, 15) is 14.7 Å².